The highest BCUT2D eigenvalue weighted by atomic mass is 32.1. The van der Waals surface area contributed by atoms with Gasteiger partial charge in [-0.05, 0) is 35.6 Å². The molecule has 1 atom stereocenters. The van der Waals surface area contributed by atoms with E-state index in [2.05, 4.69) is 50.3 Å². The Balaban J connectivity index is 2.58. The number of hydrogen-bond acceptors (Lipinski definition) is 1. The van der Waals surface area contributed by atoms with Crippen LogP contribution in [0, 0.1) is 0 Å². The second-order valence-corrected chi connectivity index (χ2v) is 4.29. The third-order valence-corrected chi connectivity index (χ3v) is 3.48. The highest BCUT2D eigenvalue weighted by molar-refractivity contribution is 7.80. The zero-order chi connectivity index (χ0) is 10.8. The molecule has 0 N–H and O–H groups in total. The fraction of sp³-hybridized carbons (Fsp3) is 0.286. The Kier molecular flexibility index (Phi) is 3.01. The van der Waals surface area contributed by atoms with Crippen LogP contribution >= 0.6 is 12.6 Å². The third-order valence-electron chi connectivity index (χ3n) is 2.92. The maximum Gasteiger partial charge on any atom is 0.0525 e. The number of benzene rings is 1. The highest BCUT2D eigenvalue weighted by Crippen LogP contribution is 2.45. The Labute approximate surface area is 97.1 Å². The minimum absolute atomic E-state index is 0.257. The molecule has 0 aliphatic heterocycles. The molecule has 1 aliphatic rings. The lowest BCUT2D eigenvalue weighted by Gasteiger charge is -2.05. The van der Waals surface area contributed by atoms with Crippen LogP contribution in [-0.2, 0) is 0 Å². The van der Waals surface area contributed by atoms with Crippen LogP contribution in [0.1, 0.15) is 36.6 Å². The van der Waals surface area contributed by atoms with Crippen LogP contribution in [0.3, 0.4) is 0 Å². The third kappa shape index (κ3) is 1.65. The molecule has 78 valence electrons. The van der Waals surface area contributed by atoms with E-state index < -0.39 is 0 Å². The maximum atomic E-state index is 4.70. The predicted molar refractivity (Wildman–Crippen MR) is 70.2 cm³/mol. The summed E-state index contributed by atoms with van der Waals surface area (Å²) in [4.78, 5) is 0. The van der Waals surface area contributed by atoms with Gasteiger partial charge in [-0.2, -0.15) is 12.6 Å². The van der Waals surface area contributed by atoms with Crippen LogP contribution in [0.2, 0.25) is 0 Å². The first-order valence-corrected chi connectivity index (χ1v) is 5.94. The number of allylic oxidation sites excluding steroid dienone is 3. The predicted octanol–water partition coefficient (Wildman–Crippen LogP) is 4.41. The van der Waals surface area contributed by atoms with Crippen LogP contribution in [0.5, 0.6) is 0 Å². The number of fused-ring (bicyclic) bond motifs is 1. The Morgan fingerprint density at radius 1 is 1.33 bits per heavy atom. The van der Waals surface area contributed by atoms with Gasteiger partial charge in [0.25, 0.3) is 0 Å². The second kappa shape index (κ2) is 4.28. The van der Waals surface area contributed by atoms with Crippen molar-refractivity contribution in [3.8, 4) is 0 Å². The largest absolute Gasteiger partial charge is 0.166 e. The summed E-state index contributed by atoms with van der Waals surface area (Å²) in [7, 11) is 0. The minimum Gasteiger partial charge on any atom is -0.166 e. The maximum absolute atomic E-state index is 4.70. The fourth-order valence-electron chi connectivity index (χ4n) is 2.26. The van der Waals surface area contributed by atoms with Crippen LogP contribution in [0.25, 0.3) is 5.57 Å². The summed E-state index contributed by atoms with van der Waals surface area (Å²) < 4.78 is 0. The van der Waals surface area contributed by atoms with Crippen molar-refractivity contribution in [2.45, 2.75) is 25.5 Å². The molecule has 1 heteroatoms. The van der Waals surface area contributed by atoms with Crippen LogP contribution in [-0.4, -0.2) is 0 Å². The average molecular weight is 216 g/mol. The van der Waals surface area contributed by atoms with Crippen molar-refractivity contribution in [2.24, 2.45) is 0 Å². The standard InChI is InChI=1S/C14H16S/c1-3-7-12-10(4-2)11-8-5-6-9-13(11)14(12)15/h3,5-9,14-15H,4H2,1-2H3/b7-3-. The van der Waals surface area contributed by atoms with Gasteiger partial charge in [-0.25, -0.2) is 0 Å². The molecule has 0 heterocycles. The van der Waals surface area contributed by atoms with Crippen molar-refractivity contribution < 1.29 is 0 Å². The van der Waals surface area contributed by atoms with E-state index in [1.165, 1.54) is 22.3 Å². The molecule has 1 aromatic carbocycles. The van der Waals surface area contributed by atoms with Crippen molar-refractivity contribution in [1.29, 1.82) is 0 Å². The molecule has 0 aromatic heterocycles. The van der Waals surface area contributed by atoms with E-state index in [0.717, 1.165) is 6.42 Å². The first-order valence-electron chi connectivity index (χ1n) is 5.42. The van der Waals surface area contributed by atoms with Gasteiger partial charge in [0.15, 0.2) is 0 Å². The van der Waals surface area contributed by atoms with E-state index in [-0.39, 0.29) is 5.25 Å². The van der Waals surface area contributed by atoms with E-state index in [4.69, 9.17) is 12.6 Å². The van der Waals surface area contributed by atoms with Gasteiger partial charge in [-0.3, -0.25) is 0 Å². The quantitative estimate of drug-likeness (QED) is 0.695. The fourth-order valence-corrected chi connectivity index (χ4v) is 2.73. The summed E-state index contributed by atoms with van der Waals surface area (Å²) in [6.07, 6.45) is 5.37. The van der Waals surface area contributed by atoms with E-state index >= 15 is 0 Å². The normalized spacial score (nSPS) is 20.1. The lowest BCUT2D eigenvalue weighted by atomic mass is 10.0. The van der Waals surface area contributed by atoms with Gasteiger partial charge in [-0.1, -0.05) is 43.3 Å². The van der Waals surface area contributed by atoms with Gasteiger partial charge in [0, 0.05) is 0 Å². The van der Waals surface area contributed by atoms with Gasteiger partial charge in [-0.15, -0.1) is 0 Å². The van der Waals surface area contributed by atoms with Crippen molar-refractivity contribution in [3.63, 3.8) is 0 Å². The zero-order valence-electron chi connectivity index (χ0n) is 9.20. The van der Waals surface area contributed by atoms with Crippen LogP contribution < -0.4 is 0 Å². The van der Waals surface area contributed by atoms with Crippen molar-refractivity contribution >= 4 is 18.2 Å². The molecule has 0 saturated carbocycles. The van der Waals surface area contributed by atoms with Crippen LogP contribution in [0.15, 0.2) is 42.0 Å². The molecule has 0 fully saturated rings. The van der Waals surface area contributed by atoms with Crippen molar-refractivity contribution in [3.05, 3.63) is 53.1 Å². The van der Waals surface area contributed by atoms with Crippen molar-refractivity contribution in [2.75, 3.05) is 0 Å². The lowest BCUT2D eigenvalue weighted by Crippen LogP contribution is -1.86. The molecule has 0 saturated heterocycles. The first kappa shape index (κ1) is 10.6. The molecule has 0 radical (unpaired) electrons. The summed E-state index contributed by atoms with van der Waals surface area (Å²) in [6, 6.07) is 8.58. The highest BCUT2D eigenvalue weighted by Gasteiger charge is 2.25. The SMILES string of the molecule is C/C=C\C1=C(CC)c2ccccc2C1S. The molecule has 15 heavy (non-hydrogen) atoms. The molecule has 0 bridgehead atoms. The van der Waals surface area contributed by atoms with Crippen LogP contribution in [0.4, 0.5) is 0 Å². The molecular weight excluding hydrogens is 200 g/mol. The lowest BCUT2D eigenvalue weighted by molar-refractivity contribution is 1.20. The monoisotopic (exact) mass is 216 g/mol. The number of rotatable bonds is 2. The Hall–Kier alpha value is -0.950. The number of hydrogen-bond donors (Lipinski definition) is 1. The topological polar surface area (TPSA) is 0 Å². The summed E-state index contributed by atoms with van der Waals surface area (Å²) in [5.74, 6) is 0. The van der Waals surface area contributed by atoms with Gasteiger partial charge < -0.3 is 0 Å². The molecule has 1 aliphatic carbocycles. The Bertz CT molecular complexity index is 427. The molecule has 0 spiro atoms. The van der Waals surface area contributed by atoms with E-state index in [9.17, 15) is 0 Å². The molecular formula is C14H16S. The molecule has 2 rings (SSSR count). The molecule has 0 amide bonds. The zero-order valence-corrected chi connectivity index (χ0v) is 10.1. The van der Waals surface area contributed by atoms with Gasteiger partial charge in [0.05, 0.1) is 5.25 Å². The van der Waals surface area contributed by atoms with E-state index in [1.54, 1.807) is 0 Å². The summed E-state index contributed by atoms with van der Waals surface area (Å²) in [5.41, 5.74) is 5.55. The Morgan fingerprint density at radius 3 is 2.73 bits per heavy atom. The summed E-state index contributed by atoms with van der Waals surface area (Å²) >= 11 is 4.70. The molecule has 1 aromatic rings. The second-order valence-electron chi connectivity index (χ2n) is 3.78. The van der Waals surface area contributed by atoms with Crippen molar-refractivity contribution in [1.82, 2.24) is 0 Å². The minimum atomic E-state index is 0.257. The summed E-state index contributed by atoms with van der Waals surface area (Å²) in [6.45, 7) is 4.27. The molecule has 1 unspecified atom stereocenters. The number of thiol groups is 1. The van der Waals surface area contributed by atoms with Gasteiger partial charge in [0.2, 0.25) is 0 Å². The molecule has 0 nitrogen and oxygen atoms in total. The van der Waals surface area contributed by atoms with E-state index in [0.29, 0.717) is 0 Å². The van der Waals surface area contributed by atoms with Gasteiger partial charge in [0.1, 0.15) is 0 Å². The smallest absolute Gasteiger partial charge is 0.0525 e. The van der Waals surface area contributed by atoms with E-state index in [1.807, 2.05) is 0 Å². The first-order chi connectivity index (χ1) is 7.29. The summed E-state index contributed by atoms with van der Waals surface area (Å²) in [5, 5.41) is 0.257. The average Bonchev–Trinajstić information content (AvgIpc) is 2.54. The Morgan fingerprint density at radius 2 is 2.07 bits per heavy atom. The van der Waals surface area contributed by atoms with Gasteiger partial charge >= 0.3 is 0 Å².